The van der Waals surface area contributed by atoms with Crippen molar-refractivity contribution in [1.82, 2.24) is 14.3 Å². The number of fused-ring (bicyclic) bond motifs is 1. The Bertz CT molecular complexity index is 1520. The first kappa shape index (κ1) is 21.4. The van der Waals surface area contributed by atoms with Crippen molar-refractivity contribution in [3.63, 3.8) is 0 Å². The summed E-state index contributed by atoms with van der Waals surface area (Å²) in [6, 6.07) is 8.23. The molecule has 4 rings (SSSR count). The molecule has 0 aliphatic heterocycles. The fourth-order valence-corrected chi connectivity index (χ4v) is 4.77. The molecule has 1 aromatic carbocycles. The van der Waals surface area contributed by atoms with Crippen LogP contribution in [0.25, 0.3) is 16.6 Å². The van der Waals surface area contributed by atoms with Gasteiger partial charge in [0.2, 0.25) is 5.88 Å². The van der Waals surface area contributed by atoms with E-state index >= 15 is 0 Å². The van der Waals surface area contributed by atoms with E-state index in [-0.39, 0.29) is 21.1 Å². The molecule has 2 amide bonds. The Kier molecular flexibility index (Phi) is 5.36. The van der Waals surface area contributed by atoms with Gasteiger partial charge in [-0.05, 0) is 41.8 Å². The first-order valence-electron chi connectivity index (χ1n) is 8.74. The molecule has 0 radical (unpaired) electrons. The summed E-state index contributed by atoms with van der Waals surface area (Å²) in [6.07, 6.45) is 1.12. The third-order valence-corrected chi connectivity index (χ3v) is 6.94. The normalized spacial score (nSPS) is 11.4. The van der Waals surface area contributed by atoms with Crippen molar-refractivity contribution in [1.29, 1.82) is 0 Å². The lowest BCUT2D eigenvalue weighted by atomic mass is 10.1. The van der Waals surface area contributed by atoms with E-state index in [2.05, 4.69) is 10.3 Å². The summed E-state index contributed by atoms with van der Waals surface area (Å²) in [5.41, 5.74) is -0.556. The van der Waals surface area contributed by atoms with Crippen molar-refractivity contribution in [2.45, 2.75) is 4.21 Å². The second-order valence-electron chi connectivity index (χ2n) is 6.40. The second kappa shape index (κ2) is 8.01. The Labute approximate surface area is 182 Å². The van der Waals surface area contributed by atoms with Crippen LogP contribution in [0.3, 0.4) is 0 Å². The van der Waals surface area contributed by atoms with Crippen LogP contribution >= 0.6 is 11.3 Å². The molecule has 3 heterocycles. The topological polar surface area (TPSA) is 130 Å². The SMILES string of the molecule is O=C(Nc1ccc(-n2c(O)c3cc(F)ccc3cc2=O)nc1)NS(=O)(=O)c1ccc(F)s1. The number of amides is 2. The number of aromatic hydroxyl groups is 1. The predicted octanol–water partition coefficient (Wildman–Crippen LogP) is 2.94. The number of sulfonamides is 1. The number of nitrogens with one attached hydrogen (secondary N) is 2. The van der Waals surface area contributed by atoms with Crippen LogP contribution in [0, 0.1) is 10.9 Å². The van der Waals surface area contributed by atoms with Crippen molar-refractivity contribution in [2.75, 3.05) is 5.32 Å². The number of thiophene rings is 1. The minimum absolute atomic E-state index is 0.0219. The first-order chi connectivity index (χ1) is 15.1. The molecule has 32 heavy (non-hydrogen) atoms. The summed E-state index contributed by atoms with van der Waals surface area (Å²) < 4.78 is 52.9. The van der Waals surface area contributed by atoms with Crippen LogP contribution in [-0.2, 0) is 10.0 Å². The highest BCUT2D eigenvalue weighted by Crippen LogP contribution is 2.26. The van der Waals surface area contributed by atoms with E-state index in [1.54, 1.807) is 4.72 Å². The number of rotatable bonds is 4. The molecule has 0 saturated heterocycles. The van der Waals surface area contributed by atoms with Crippen LogP contribution in [0.4, 0.5) is 19.3 Å². The summed E-state index contributed by atoms with van der Waals surface area (Å²) in [5.74, 6) is -1.14. The summed E-state index contributed by atoms with van der Waals surface area (Å²) in [6.45, 7) is 0. The molecule has 3 aromatic heterocycles. The van der Waals surface area contributed by atoms with Crippen LogP contribution in [0.2, 0.25) is 0 Å². The van der Waals surface area contributed by atoms with Crippen LogP contribution in [0.5, 0.6) is 5.88 Å². The Balaban J connectivity index is 1.56. The second-order valence-corrected chi connectivity index (χ2v) is 9.34. The number of nitrogens with zero attached hydrogens (tertiary/aromatic N) is 2. The number of carbonyl (C=O) groups excluding carboxylic acids is 1. The van der Waals surface area contributed by atoms with Crippen LogP contribution in [0.15, 0.2) is 63.7 Å². The van der Waals surface area contributed by atoms with Gasteiger partial charge in [0, 0.05) is 11.5 Å². The van der Waals surface area contributed by atoms with Crippen molar-refractivity contribution in [3.8, 4) is 11.7 Å². The highest BCUT2D eigenvalue weighted by Gasteiger charge is 2.20. The number of urea groups is 1. The van der Waals surface area contributed by atoms with Gasteiger partial charge < -0.3 is 10.4 Å². The lowest BCUT2D eigenvalue weighted by Crippen LogP contribution is -2.34. The van der Waals surface area contributed by atoms with Gasteiger partial charge in [-0.1, -0.05) is 17.4 Å². The highest BCUT2D eigenvalue weighted by atomic mass is 32.2. The smallest absolute Gasteiger partial charge is 0.333 e. The standard InChI is InChI=1S/C19H12F2N4O5S2/c20-11-2-1-10-7-16(26)25(18(27)13(10)8-11)15-5-3-12(9-22-15)23-19(28)24-32(29,30)17-6-4-14(21)31-17/h1-9,27H,(H2,23,24,28). The third kappa shape index (κ3) is 4.15. The number of pyridine rings is 2. The number of aromatic nitrogens is 2. The molecule has 0 aliphatic carbocycles. The maximum atomic E-state index is 13.5. The Morgan fingerprint density at radius 3 is 2.53 bits per heavy atom. The summed E-state index contributed by atoms with van der Waals surface area (Å²) >= 11 is 0.358. The molecule has 0 saturated carbocycles. The maximum Gasteiger partial charge on any atom is 0.333 e. The van der Waals surface area contributed by atoms with Gasteiger partial charge in [-0.3, -0.25) is 4.79 Å². The molecule has 0 atom stereocenters. The quantitative estimate of drug-likeness (QED) is 0.414. The van der Waals surface area contributed by atoms with Crippen molar-refractivity contribution in [2.24, 2.45) is 0 Å². The van der Waals surface area contributed by atoms with Gasteiger partial charge >= 0.3 is 6.03 Å². The lowest BCUT2D eigenvalue weighted by molar-refractivity contribution is 0.256. The third-order valence-electron chi connectivity index (χ3n) is 4.24. The summed E-state index contributed by atoms with van der Waals surface area (Å²) in [7, 11) is -4.26. The van der Waals surface area contributed by atoms with E-state index in [4.69, 9.17) is 0 Å². The van der Waals surface area contributed by atoms with Gasteiger partial charge in [0.1, 0.15) is 15.8 Å². The number of hydrogen-bond acceptors (Lipinski definition) is 7. The number of hydrogen-bond donors (Lipinski definition) is 3. The number of benzene rings is 1. The zero-order chi connectivity index (χ0) is 23.0. The molecule has 3 N–H and O–H groups in total. The van der Waals surface area contributed by atoms with Crippen LogP contribution in [0.1, 0.15) is 0 Å². The van der Waals surface area contributed by atoms with Crippen molar-refractivity contribution >= 4 is 43.9 Å². The fraction of sp³-hybridized carbons (Fsp3) is 0. The van der Waals surface area contributed by atoms with E-state index in [1.165, 1.54) is 24.3 Å². The number of anilines is 1. The van der Waals surface area contributed by atoms with Crippen LogP contribution in [-0.4, -0.2) is 29.1 Å². The van der Waals surface area contributed by atoms with E-state index in [9.17, 15) is 31.9 Å². The van der Waals surface area contributed by atoms with Gasteiger partial charge in [0.05, 0.1) is 11.9 Å². The van der Waals surface area contributed by atoms with Crippen molar-refractivity contribution in [3.05, 3.63) is 76.0 Å². The van der Waals surface area contributed by atoms with Crippen molar-refractivity contribution < 1.29 is 27.1 Å². The molecule has 4 aromatic rings. The maximum absolute atomic E-state index is 13.5. The zero-order valence-electron chi connectivity index (χ0n) is 15.7. The summed E-state index contributed by atoms with van der Waals surface area (Å²) in [4.78, 5) is 28.4. The van der Waals surface area contributed by atoms with Gasteiger partial charge in [0.25, 0.3) is 15.6 Å². The minimum Gasteiger partial charge on any atom is -0.494 e. The molecule has 0 fully saturated rings. The molecule has 0 bridgehead atoms. The lowest BCUT2D eigenvalue weighted by Gasteiger charge is -2.11. The zero-order valence-corrected chi connectivity index (χ0v) is 17.4. The predicted molar refractivity (Wildman–Crippen MR) is 113 cm³/mol. The molecule has 0 aliphatic rings. The summed E-state index contributed by atoms with van der Waals surface area (Å²) in [5, 5.41) is 12.4. The minimum atomic E-state index is -4.26. The monoisotopic (exact) mass is 478 g/mol. The fourth-order valence-electron chi connectivity index (χ4n) is 2.86. The molecular formula is C19H12F2N4O5S2. The Morgan fingerprint density at radius 2 is 1.88 bits per heavy atom. The van der Waals surface area contributed by atoms with Gasteiger partial charge in [-0.2, -0.15) is 4.39 Å². The Hall–Kier alpha value is -3.84. The van der Waals surface area contributed by atoms with E-state index in [0.717, 1.165) is 35.0 Å². The van der Waals surface area contributed by atoms with E-state index in [0.29, 0.717) is 16.7 Å². The van der Waals surface area contributed by atoms with E-state index in [1.807, 2.05) is 0 Å². The number of halogens is 2. The molecule has 164 valence electrons. The number of carbonyl (C=O) groups is 1. The van der Waals surface area contributed by atoms with Gasteiger partial charge in [0.15, 0.2) is 5.13 Å². The Morgan fingerprint density at radius 1 is 1.09 bits per heavy atom. The van der Waals surface area contributed by atoms with E-state index < -0.39 is 38.4 Å². The molecule has 0 spiro atoms. The largest absolute Gasteiger partial charge is 0.494 e. The first-order valence-corrected chi connectivity index (χ1v) is 11.0. The molecular weight excluding hydrogens is 466 g/mol. The molecule has 9 nitrogen and oxygen atoms in total. The molecule has 0 unspecified atom stereocenters. The van der Waals surface area contributed by atoms with Gasteiger partial charge in [-0.25, -0.2) is 31.9 Å². The highest BCUT2D eigenvalue weighted by molar-refractivity contribution is 7.92. The van der Waals surface area contributed by atoms with Gasteiger partial charge in [-0.15, -0.1) is 0 Å². The average Bonchev–Trinajstić information content (AvgIpc) is 3.17. The average molecular weight is 478 g/mol. The molecule has 13 heteroatoms. The van der Waals surface area contributed by atoms with Crippen LogP contribution < -0.4 is 15.6 Å².